The van der Waals surface area contributed by atoms with E-state index in [2.05, 4.69) is 5.10 Å². The molecule has 0 bridgehead atoms. The third kappa shape index (κ3) is 5.20. The van der Waals surface area contributed by atoms with Crippen molar-refractivity contribution in [3.05, 3.63) is 90.5 Å². The predicted octanol–water partition coefficient (Wildman–Crippen LogP) is 4.38. The molecule has 7 nitrogen and oxygen atoms in total. The van der Waals surface area contributed by atoms with Gasteiger partial charge in [-0.3, -0.25) is 14.3 Å². The number of amides is 2. The van der Waals surface area contributed by atoms with Crippen LogP contribution in [0.3, 0.4) is 0 Å². The first-order valence-electron chi connectivity index (χ1n) is 11.7. The fourth-order valence-electron chi connectivity index (χ4n) is 4.32. The minimum atomic E-state index is -0.378. The number of halogens is 2. The van der Waals surface area contributed by atoms with E-state index in [0.717, 1.165) is 0 Å². The van der Waals surface area contributed by atoms with Gasteiger partial charge in [0, 0.05) is 36.0 Å². The van der Waals surface area contributed by atoms with Crippen LogP contribution < -0.4 is 9.64 Å². The molecule has 2 heterocycles. The smallest absolute Gasteiger partial charge is 0.246 e. The van der Waals surface area contributed by atoms with Crippen molar-refractivity contribution in [1.29, 1.82) is 0 Å². The van der Waals surface area contributed by atoms with Gasteiger partial charge in [0.25, 0.3) is 0 Å². The van der Waals surface area contributed by atoms with Crippen LogP contribution >= 0.6 is 0 Å². The minimum absolute atomic E-state index is 0.0615. The number of rotatable bonds is 6. The third-order valence-electron chi connectivity index (χ3n) is 6.28. The second-order valence-electron chi connectivity index (χ2n) is 8.65. The maximum atomic E-state index is 13.5. The Balaban J connectivity index is 1.37. The first-order valence-corrected chi connectivity index (χ1v) is 11.7. The van der Waals surface area contributed by atoms with Crippen LogP contribution in [-0.4, -0.2) is 53.2 Å². The topological polar surface area (TPSA) is 67.7 Å². The zero-order valence-electron chi connectivity index (χ0n) is 20.1. The number of carbonyl (C=O) groups is 2. The van der Waals surface area contributed by atoms with Crippen molar-refractivity contribution in [2.75, 3.05) is 31.6 Å². The van der Waals surface area contributed by atoms with Crippen molar-refractivity contribution < 1.29 is 23.1 Å². The van der Waals surface area contributed by atoms with E-state index in [4.69, 9.17) is 4.74 Å². The Bertz CT molecular complexity index is 1430. The maximum Gasteiger partial charge on any atom is 0.246 e. The molecular weight excluding hydrogens is 478 g/mol. The zero-order valence-corrected chi connectivity index (χ0v) is 20.1. The first kappa shape index (κ1) is 24.2. The predicted molar refractivity (Wildman–Crippen MR) is 135 cm³/mol. The van der Waals surface area contributed by atoms with E-state index >= 15 is 0 Å². The van der Waals surface area contributed by atoms with Crippen LogP contribution in [0.4, 0.5) is 14.5 Å². The summed E-state index contributed by atoms with van der Waals surface area (Å²) in [5.74, 6) is -0.561. The summed E-state index contributed by atoms with van der Waals surface area (Å²) in [6.45, 7) is 0.538. The lowest BCUT2D eigenvalue weighted by Gasteiger charge is -2.34. The molecule has 5 rings (SSSR count). The third-order valence-corrected chi connectivity index (χ3v) is 6.28. The quantitative estimate of drug-likeness (QED) is 0.393. The summed E-state index contributed by atoms with van der Waals surface area (Å²) in [5, 5.41) is 4.59. The van der Waals surface area contributed by atoms with Gasteiger partial charge in [-0.2, -0.15) is 5.10 Å². The number of aromatic nitrogens is 2. The highest BCUT2D eigenvalue weighted by atomic mass is 19.1. The molecule has 0 saturated carbocycles. The molecule has 1 aromatic heterocycles. The molecule has 4 aromatic rings. The van der Waals surface area contributed by atoms with Crippen molar-refractivity contribution in [2.24, 2.45) is 0 Å². The molecule has 1 aliphatic rings. The fourth-order valence-corrected chi connectivity index (χ4v) is 4.32. The maximum absolute atomic E-state index is 13.5. The summed E-state index contributed by atoms with van der Waals surface area (Å²) in [4.78, 5) is 29.3. The number of nitrogens with zero attached hydrogens (tertiary/aromatic N) is 4. The summed E-state index contributed by atoms with van der Waals surface area (Å²) >= 11 is 0. The molecule has 0 unspecified atom stereocenters. The molecule has 0 aliphatic carbocycles. The number of ether oxygens (including phenoxy) is 1. The van der Waals surface area contributed by atoms with Crippen molar-refractivity contribution in [3.63, 3.8) is 0 Å². The molecule has 188 valence electrons. The van der Waals surface area contributed by atoms with Gasteiger partial charge >= 0.3 is 0 Å². The van der Waals surface area contributed by atoms with Crippen LogP contribution in [0, 0.1) is 11.6 Å². The molecule has 0 spiro atoms. The monoisotopic (exact) mass is 502 g/mol. The van der Waals surface area contributed by atoms with E-state index in [9.17, 15) is 18.4 Å². The number of hydrogen-bond acceptors (Lipinski definition) is 4. The Morgan fingerprint density at radius 2 is 1.59 bits per heavy atom. The summed E-state index contributed by atoms with van der Waals surface area (Å²) < 4.78 is 33.7. The molecule has 0 atom stereocenters. The van der Waals surface area contributed by atoms with Gasteiger partial charge in [-0.1, -0.05) is 6.07 Å². The molecule has 0 N–H and O–H groups in total. The van der Waals surface area contributed by atoms with Crippen LogP contribution in [0.25, 0.3) is 22.5 Å². The Labute approximate surface area is 212 Å². The van der Waals surface area contributed by atoms with Gasteiger partial charge in [0.2, 0.25) is 11.8 Å². The summed E-state index contributed by atoms with van der Waals surface area (Å²) in [5.41, 5.74) is 3.22. The van der Waals surface area contributed by atoms with Gasteiger partial charge in [0.05, 0.1) is 18.5 Å². The molecule has 1 fully saturated rings. The zero-order chi connectivity index (χ0) is 25.9. The number of carbonyl (C=O) groups excluding carboxylic acids is 2. The molecule has 9 heteroatoms. The molecule has 0 radical (unpaired) electrons. The van der Waals surface area contributed by atoms with Crippen molar-refractivity contribution >= 4 is 17.5 Å². The van der Waals surface area contributed by atoms with Crippen molar-refractivity contribution in [1.82, 2.24) is 14.7 Å². The van der Waals surface area contributed by atoms with Crippen LogP contribution in [0.2, 0.25) is 0 Å². The van der Waals surface area contributed by atoms with Crippen LogP contribution in [0.1, 0.15) is 0 Å². The van der Waals surface area contributed by atoms with Crippen LogP contribution in [0.15, 0.2) is 78.9 Å². The second kappa shape index (κ2) is 10.2. The lowest BCUT2D eigenvalue weighted by atomic mass is 10.1. The van der Waals surface area contributed by atoms with E-state index in [1.807, 2.05) is 12.1 Å². The van der Waals surface area contributed by atoms with Gasteiger partial charge in [0.15, 0.2) is 0 Å². The average Bonchev–Trinajstić information content (AvgIpc) is 3.33. The summed E-state index contributed by atoms with van der Waals surface area (Å²) in [7, 11) is 1.56. The van der Waals surface area contributed by atoms with Crippen LogP contribution in [0.5, 0.6) is 5.75 Å². The van der Waals surface area contributed by atoms with Gasteiger partial charge in [0.1, 0.15) is 30.5 Å². The Hall–Kier alpha value is -4.53. The van der Waals surface area contributed by atoms with Crippen LogP contribution in [-0.2, 0) is 16.1 Å². The van der Waals surface area contributed by atoms with Gasteiger partial charge in [-0.15, -0.1) is 0 Å². The minimum Gasteiger partial charge on any atom is -0.497 e. The highest BCUT2D eigenvalue weighted by Gasteiger charge is 2.29. The average molecular weight is 503 g/mol. The molecular formula is C28H24F2N4O3. The number of hydrogen-bond donors (Lipinski definition) is 0. The second-order valence-corrected chi connectivity index (χ2v) is 8.65. The first-order chi connectivity index (χ1) is 17.9. The van der Waals surface area contributed by atoms with Gasteiger partial charge in [-0.25, -0.2) is 8.78 Å². The Morgan fingerprint density at radius 3 is 2.24 bits per heavy atom. The van der Waals surface area contributed by atoms with E-state index < -0.39 is 0 Å². The molecule has 1 saturated heterocycles. The van der Waals surface area contributed by atoms with Crippen molar-refractivity contribution in [3.8, 4) is 28.3 Å². The SMILES string of the molecule is COc1cccc(N2CCN(C(=O)Cn3nc(-c4ccc(F)cc4)cc3-c3ccc(F)cc3)CC2=O)c1. The van der Waals surface area contributed by atoms with E-state index in [1.165, 1.54) is 33.8 Å². The molecule has 3 aromatic carbocycles. The summed E-state index contributed by atoms with van der Waals surface area (Å²) in [6.07, 6.45) is 0. The Morgan fingerprint density at radius 1 is 0.919 bits per heavy atom. The number of piperazine rings is 1. The molecule has 2 amide bonds. The summed E-state index contributed by atoms with van der Waals surface area (Å²) in [6, 6.07) is 20.8. The Kier molecular flexibility index (Phi) is 6.68. The number of benzene rings is 3. The largest absolute Gasteiger partial charge is 0.497 e. The molecule has 37 heavy (non-hydrogen) atoms. The van der Waals surface area contributed by atoms with Crippen molar-refractivity contribution in [2.45, 2.75) is 6.54 Å². The normalized spacial score (nSPS) is 13.6. The van der Waals surface area contributed by atoms with E-state index in [-0.39, 0.29) is 36.5 Å². The number of anilines is 1. The van der Waals surface area contributed by atoms with E-state index in [0.29, 0.717) is 47.0 Å². The highest BCUT2D eigenvalue weighted by molar-refractivity contribution is 5.98. The molecule has 1 aliphatic heterocycles. The van der Waals surface area contributed by atoms with E-state index in [1.54, 1.807) is 54.5 Å². The number of methoxy groups -OCH3 is 1. The van der Waals surface area contributed by atoms with Gasteiger partial charge in [-0.05, 0) is 66.7 Å². The highest BCUT2D eigenvalue weighted by Crippen LogP contribution is 2.27. The lowest BCUT2D eigenvalue weighted by molar-refractivity contribution is -0.137. The fraction of sp³-hybridized carbons (Fsp3) is 0.179. The van der Waals surface area contributed by atoms with Gasteiger partial charge < -0.3 is 14.5 Å². The lowest BCUT2D eigenvalue weighted by Crippen LogP contribution is -2.53. The standard InChI is InChI=1S/C28H24F2N4O3/c1-37-24-4-2-3-23(15-24)33-14-13-32(17-28(33)36)27(35)18-34-26(20-7-11-22(30)12-8-20)16-25(31-34)19-5-9-21(29)10-6-19/h2-12,15-16H,13-14,17-18H2,1H3.